The minimum atomic E-state index is -1.99. The van der Waals surface area contributed by atoms with E-state index in [1.807, 2.05) is 19.6 Å². The Morgan fingerprint density at radius 2 is 1.95 bits per heavy atom. The van der Waals surface area contributed by atoms with E-state index in [0.717, 1.165) is 19.3 Å². The van der Waals surface area contributed by atoms with E-state index in [4.69, 9.17) is 15.0 Å². The fraction of sp³-hybridized carbons (Fsp3) is 0.846. The molecule has 4 atom stereocenters. The molecule has 0 spiro atoms. The van der Waals surface area contributed by atoms with Crippen molar-refractivity contribution >= 4 is 19.4 Å². The summed E-state index contributed by atoms with van der Waals surface area (Å²) in [5, 5.41) is 0.195. The maximum atomic E-state index is 12.1. The van der Waals surface area contributed by atoms with E-state index in [2.05, 4.69) is 11.7 Å². The van der Waals surface area contributed by atoms with Crippen LogP contribution in [0.1, 0.15) is 26.2 Å². The van der Waals surface area contributed by atoms with Gasteiger partial charge in [-0.2, -0.15) is 4.79 Å². The molecule has 0 unspecified atom stereocenters. The number of carbonyl (C=O) groups excluding carboxylic acids is 1. The quantitative estimate of drug-likeness (QED) is 0.261. The van der Waals surface area contributed by atoms with Crippen LogP contribution >= 0.6 is 0 Å². The number of fused-ring (bicyclic) bond motifs is 2. The van der Waals surface area contributed by atoms with Crippen molar-refractivity contribution in [1.82, 2.24) is 0 Å². The second kappa shape index (κ2) is 5.19. The first-order valence-corrected chi connectivity index (χ1v) is 10.4. The van der Waals surface area contributed by atoms with Crippen LogP contribution in [0.15, 0.2) is 0 Å². The molecule has 0 aromatic rings. The van der Waals surface area contributed by atoms with Crippen molar-refractivity contribution in [2.24, 2.45) is 5.92 Å². The minimum absolute atomic E-state index is 0.0201. The highest BCUT2D eigenvalue weighted by atomic mass is 28.3. The van der Waals surface area contributed by atoms with Crippen LogP contribution in [-0.4, -0.2) is 42.5 Å². The lowest BCUT2D eigenvalue weighted by atomic mass is 9.96. The second-order valence-electron chi connectivity index (χ2n) is 6.65. The summed E-state index contributed by atoms with van der Waals surface area (Å²) in [4.78, 5) is 15.3. The fourth-order valence-electron chi connectivity index (χ4n) is 2.87. The van der Waals surface area contributed by atoms with E-state index in [1.165, 1.54) is 0 Å². The zero-order valence-corrected chi connectivity index (χ0v) is 13.0. The summed E-state index contributed by atoms with van der Waals surface area (Å²) >= 11 is 0. The Morgan fingerprint density at radius 1 is 1.32 bits per heavy atom. The molecule has 2 rings (SSSR count). The first-order valence-electron chi connectivity index (χ1n) is 6.92. The molecule has 2 saturated heterocycles. The maximum Gasteiger partial charge on any atom is 0.410 e. The van der Waals surface area contributed by atoms with Gasteiger partial charge in [0.05, 0.1) is 12.2 Å². The molecule has 2 fully saturated rings. The molecule has 2 bridgehead atoms. The molecule has 0 aromatic carbocycles. The Morgan fingerprint density at radius 3 is 2.53 bits per heavy atom. The van der Waals surface area contributed by atoms with Crippen molar-refractivity contribution in [2.45, 2.75) is 64.1 Å². The van der Waals surface area contributed by atoms with Gasteiger partial charge in [-0.1, -0.05) is 26.6 Å². The summed E-state index contributed by atoms with van der Waals surface area (Å²) in [5.74, 6) is -0.0641. The average molecular weight is 282 g/mol. The molecule has 5 nitrogen and oxygen atoms in total. The summed E-state index contributed by atoms with van der Waals surface area (Å²) < 4.78 is 11.4. The second-order valence-corrected chi connectivity index (χ2v) is 11.6. The zero-order valence-electron chi connectivity index (χ0n) is 12.0. The Kier molecular flexibility index (Phi) is 3.94. The molecular formula is C13H22N2O3Si. The topological polar surface area (TPSA) is 71.9 Å². The van der Waals surface area contributed by atoms with Crippen molar-refractivity contribution in [3.05, 3.63) is 5.53 Å². The number of rotatable bonds is 3. The van der Waals surface area contributed by atoms with Gasteiger partial charge in [0.15, 0.2) is 8.07 Å². The largest absolute Gasteiger partial charge is 0.451 e. The Balaban J connectivity index is 2.05. The fourth-order valence-corrected chi connectivity index (χ4v) is 3.84. The van der Waals surface area contributed by atoms with Gasteiger partial charge < -0.3 is 15.0 Å². The number of esters is 1. The molecule has 6 heteroatoms. The van der Waals surface area contributed by atoms with Gasteiger partial charge in [-0.25, -0.2) is 4.79 Å². The third kappa shape index (κ3) is 2.96. The molecule has 106 valence electrons. The predicted molar refractivity (Wildman–Crippen MR) is 73.5 cm³/mol. The van der Waals surface area contributed by atoms with Crippen molar-refractivity contribution < 1.29 is 19.1 Å². The maximum absolute atomic E-state index is 12.1. The zero-order chi connectivity index (χ0) is 14.2. The summed E-state index contributed by atoms with van der Waals surface area (Å²) in [6, 6.07) is 0. The summed E-state index contributed by atoms with van der Waals surface area (Å²) in [6.07, 6.45) is 2.98. The van der Waals surface area contributed by atoms with Crippen LogP contribution in [0.3, 0.4) is 0 Å². The first-order chi connectivity index (χ1) is 8.82. The van der Waals surface area contributed by atoms with E-state index >= 15 is 0 Å². The standard InChI is InChI=1S/C13H22N2O3Si/c1-8-7-11(10-6-5-9(8)17-10)18-13(16)12(15-14)19(2,3)4/h8-11H,5-7H2,1-4H3/t8-,9+,10-,11+/m0/s1. The van der Waals surface area contributed by atoms with Crippen molar-refractivity contribution in [1.29, 1.82) is 0 Å². The van der Waals surface area contributed by atoms with E-state index < -0.39 is 14.0 Å². The average Bonchev–Trinajstić information content (AvgIpc) is 2.70. The van der Waals surface area contributed by atoms with Gasteiger partial charge >= 0.3 is 11.3 Å². The summed E-state index contributed by atoms with van der Waals surface area (Å²) in [6.45, 7) is 7.99. The number of ether oxygens (including phenoxy) is 2. The minimum Gasteiger partial charge on any atom is -0.451 e. The number of nitrogens with zero attached hydrogens (tertiary/aromatic N) is 2. The molecule has 0 radical (unpaired) electrons. The van der Waals surface area contributed by atoms with E-state index in [9.17, 15) is 4.79 Å². The molecule has 2 aliphatic heterocycles. The first kappa shape index (κ1) is 14.4. The molecule has 0 aliphatic carbocycles. The molecule has 0 aromatic heterocycles. The normalized spacial score (nSPS) is 33.7. The molecule has 0 saturated carbocycles. The lowest BCUT2D eigenvalue weighted by Crippen LogP contribution is -2.46. The smallest absolute Gasteiger partial charge is 0.410 e. The summed E-state index contributed by atoms with van der Waals surface area (Å²) in [7, 11) is -1.99. The van der Waals surface area contributed by atoms with Crippen LogP contribution in [0.2, 0.25) is 19.6 Å². The van der Waals surface area contributed by atoms with Crippen LogP contribution in [0.5, 0.6) is 0 Å². The number of hydrogen-bond acceptors (Lipinski definition) is 3. The Bertz CT molecular complexity index is 426. The van der Waals surface area contributed by atoms with Gasteiger partial charge in [-0.05, 0) is 25.2 Å². The predicted octanol–water partition coefficient (Wildman–Crippen LogP) is 2.03. The molecule has 2 heterocycles. The van der Waals surface area contributed by atoms with E-state index in [1.54, 1.807) is 0 Å². The van der Waals surface area contributed by atoms with E-state index in [0.29, 0.717) is 12.0 Å². The number of carbonyl (C=O) groups is 1. The van der Waals surface area contributed by atoms with Crippen molar-refractivity contribution in [3.8, 4) is 0 Å². The van der Waals surface area contributed by atoms with E-state index in [-0.39, 0.29) is 17.5 Å². The summed E-state index contributed by atoms with van der Waals surface area (Å²) in [5.41, 5.74) is 9.04. The lowest BCUT2D eigenvalue weighted by molar-refractivity contribution is -0.163. The molecule has 0 N–H and O–H groups in total. The van der Waals surface area contributed by atoms with Gasteiger partial charge in [-0.15, -0.1) is 0 Å². The molecule has 0 amide bonds. The molecule has 2 aliphatic rings. The van der Waals surface area contributed by atoms with Crippen LogP contribution in [0.4, 0.5) is 0 Å². The van der Waals surface area contributed by atoms with Crippen LogP contribution in [-0.2, 0) is 14.3 Å². The van der Waals surface area contributed by atoms with Gasteiger partial charge in [0.25, 0.3) is 0 Å². The van der Waals surface area contributed by atoms with Gasteiger partial charge in [0.2, 0.25) is 0 Å². The molecular weight excluding hydrogens is 260 g/mol. The third-order valence-corrected chi connectivity index (χ3v) is 5.73. The van der Waals surface area contributed by atoms with Gasteiger partial charge in [0.1, 0.15) is 6.10 Å². The highest BCUT2D eigenvalue weighted by Crippen LogP contribution is 2.37. The highest BCUT2D eigenvalue weighted by molar-refractivity contribution is 7.11. The highest BCUT2D eigenvalue weighted by Gasteiger charge is 2.45. The Hall–Kier alpha value is -0.973. The monoisotopic (exact) mass is 282 g/mol. The van der Waals surface area contributed by atoms with Gasteiger partial charge in [0, 0.05) is 0 Å². The van der Waals surface area contributed by atoms with Crippen LogP contribution in [0, 0.1) is 5.92 Å². The van der Waals surface area contributed by atoms with Crippen LogP contribution in [0.25, 0.3) is 5.53 Å². The number of hydrogen-bond donors (Lipinski definition) is 0. The van der Waals surface area contributed by atoms with Gasteiger partial charge in [-0.3, -0.25) is 0 Å². The Labute approximate surface area is 114 Å². The third-order valence-electron chi connectivity index (χ3n) is 4.00. The van der Waals surface area contributed by atoms with Crippen molar-refractivity contribution in [3.63, 3.8) is 0 Å². The van der Waals surface area contributed by atoms with Crippen LogP contribution < -0.4 is 0 Å². The lowest BCUT2D eigenvalue weighted by Gasteiger charge is -2.33. The molecule has 19 heavy (non-hydrogen) atoms. The SMILES string of the molecule is C[C@H]1C[C@@H](OC(=O)C(=[N+]=[N-])[Si](C)(C)C)[C@@H]2CC[C@H]1O2. The van der Waals surface area contributed by atoms with Crippen molar-refractivity contribution in [2.75, 3.05) is 0 Å².